The highest BCUT2D eigenvalue weighted by atomic mass is 127. The van der Waals surface area contributed by atoms with E-state index in [-0.39, 0.29) is 42.5 Å². The Hall–Kier alpha value is -1.43. The van der Waals surface area contributed by atoms with Gasteiger partial charge in [0.1, 0.15) is 9.88 Å². The van der Waals surface area contributed by atoms with Crippen LogP contribution in [0.15, 0.2) is 4.99 Å². The Balaban J connectivity index is 0.00000676. The molecule has 1 aromatic heterocycles. The van der Waals surface area contributed by atoms with Crippen LogP contribution in [-0.4, -0.2) is 42.5 Å². The van der Waals surface area contributed by atoms with Gasteiger partial charge in [-0.05, 0) is 41.5 Å². The van der Waals surface area contributed by atoms with Gasteiger partial charge >= 0.3 is 5.97 Å². The largest absolute Gasteiger partial charge is 0.462 e. The van der Waals surface area contributed by atoms with E-state index in [4.69, 9.17) is 10.5 Å². The zero-order valence-electron chi connectivity index (χ0n) is 16.7. The number of hydrogen-bond acceptors (Lipinski definition) is 6. The number of halogens is 1. The lowest BCUT2D eigenvalue weighted by Gasteiger charge is -2.20. The van der Waals surface area contributed by atoms with Crippen LogP contribution in [0.25, 0.3) is 0 Å². The molecule has 0 aromatic carbocycles. The van der Waals surface area contributed by atoms with Crippen LogP contribution in [0, 0.1) is 12.3 Å². The Morgan fingerprint density at radius 2 is 2.00 bits per heavy atom. The SMILES string of the molecule is CCNC(=NCC(C)(C)C(N)=O)NC(C)c1nc(C)c(C(=O)OCC)s1.I. The summed E-state index contributed by atoms with van der Waals surface area (Å²) < 4.78 is 5.05. The number of thiazole rings is 1. The molecule has 0 radical (unpaired) electrons. The zero-order valence-corrected chi connectivity index (χ0v) is 19.9. The highest BCUT2D eigenvalue weighted by Crippen LogP contribution is 2.24. The van der Waals surface area contributed by atoms with Gasteiger partial charge in [0.15, 0.2) is 5.96 Å². The number of nitrogens with zero attached hydrogens (tertiary/aromatic N) is 2. The van der Waals surface area contributed by atoms with Gasteiger partial charge in [-0.2, -0.15) is 0 Å². The third kappa shape index (κ3) is 7.60. The number of aryl methyl sites for hydroxylation is 1. The molecule has 0 aliphatic carbocycles. The number of esters is 1. The van der Waals surface area contributed by atoms with E-state index in [0.717, 1.165) is 5.01 Å². The number of guanidine groups is 1. The first kappa shape index (κ1) is 25.6. The third-order valence-electron chi connectivity index (χ3n) is 3.64. The predicted molar refractivity (Wildman–Crippen MR) is 119 cm³/mol. The molecule has 1 atom stereocenters. The van der Waals surface area contributed by atoms with E-state index in [1.807, 2.05) is 13.8 Å². The minimum absolute atomic E-state index is 0. The van der Waals surface area contributed by atoms with Gasteiger partial charge in [-0.15, -0.1) is 35.3 Å². The summed E-state index contributed by atoms with van der Waals surface area (Å²) in [6.07, 6.45) is 0. The van der Waals surface area contributed by atoms with Crippen molar-refractivity contribution in [1.29, 1.82) is 0 Å². The fourth-order valence-corrected chi connectivity index (χ4v) is 2.89. The first-order valence-electron chi connectivity index (χ1n) is 8.61. The molecule has 0 fully saturated rings. The predicted octanol–water partition coefficient (Wildman–Crippen LogP) is 2.37. The van der Waals surface area contributed by atoms with Crippen molar-refractivity contribution in [1.82, 2.24) is 15.6 Å². The number of rotatable bonds is 8. The molecular formula is C17H30IN5O3S. The molecule has 4 N–H and O–H groups in total. The lowest BCUT2D eigenvalue weighted by molar-refractivity contribution is -0.125. The maximum atomic E-state index is 12.0. The van der Waals surface area contributed by atoms with Crippen LogP contribution in [0.4, 0.5) is 0 Å². The van der Waals surface area contributed by atoms with Gasteiger partial charge in [0.25, 0.3) is 0 Å². The second kappa shape index (κ2) is 11.4. The summed E-state index contributed by atoms with van der Waals surface area (Å²) in [4.78, 5) is 32.8. The van der Waals surface area contributed by atoms with Crippen LogP contribution >= 0.6 is 35.3 Å². The number of carbonyl (C=O) groups excluding carboxylic acids is 2. The van der Waals surface area contributed by atoms with Crippen molar-refractivity contribution in [3.05, 3.63) is 15.6 Å². The van der Waals surface area contributed by atoms with Gasteiger partial charge in [0, 0.05) is 6.54 Å². The molecule has 0 bridgehead atoms. The number of nitrogens with one attached hydrogen (secondary N) is 2. The Labute approximate surface area is 181 Å². The molecule has 1 unspecified atom stereocenters. The number of primary amides is 1. The number of amides is 1. The molecular weight excluding hydrogens is 481 g/mol. The summed E-state index contributed by atoms with van der Waals surface area (Å²) in [5.74, 6) is -0.204. The van der Waals surface area contributed by atoms with E-state index in [1.165, 1.54) is 11.3 Å². The van der Waals surface area contributed by atoms with E-state index in [2.05, 4.69) is 20.6 Å². The average Bonchev–Trinajstić information content (AvgIpc) is 2.95. The molecule has 1 amide bonds. The molecule has 0 aliphatic heterocycles. The molecule has 154 valence electrons. The van der Waals surface area contributed by atoms with Gasteiger partial charge in [0.05, 0.1) is 30.3 Å². The zero-order chi connectivity index (χ0) is 19.9. The summed E-state index contributed by atoms with van der Waals surface area (Å²) >= 11 is 1.30. The Bertz CT molecular complexity index is 676. The molecule has 1 heterocycles. The number of aliphatic imine (C=N–C) groups is 1. The Kier molecular flexibility index (Phi) is 10.8. The standard InChI is InChI=1S/C17H29N5O3S.HI/c1-7-19-16(20-9-17(5,6)15(18)24)22-11(4)13-21-10(3)12(26-13)14(23)25-8-2;/h11H,7-9H2,1-6H3,(H2,18,24)(H2,19,20,22);1H. The maximum absolute atomic E-state index is 12.0. The average molecular weight is 511 g/mol. The van der Waals surface area contributed by atoms with Gasteiger partial charge in [0.2, 0.25) is 5.91 Å². The number of hydrogen-bond donors (Lipinski definition) is 3. The number of carbonyl (C=O) groups is 2. The van der Waals surface area contributed by atoms with Crippen LogP contribution in [0.1, 0.15) is 61.0 Å². The van der Waals surface area contributed by atoms with Crippen molar-refractivity contribution in [3.63, 3.8) is 0 Å². The minimum Gasteiger partial charge on any atom is -0.462 e. The van der Waals surface area contributed by atoms with Crippen molar-refractivity contribution >= 4 is 53.1 Å². The fourth-order valence-electron chi connectivity index (χ4n) is 1.93. The van der Waals surface area contributed by atoms with Gasteiger partial charge < -0.3 is 21.1 Å². The topological polar surface area (TPSA) is 119 Å². The first-order valence-corrected chi connectivity index (χ1v) is 9.43. The Morgan fingerprint density at radius 3 is 2.52 bits per heavy atom. The highest BCUT2D eigenvalue weighted by molar-refractivity contribution is 14.0. The smallest absolute Gasteiger partial charge is 0.350 e. The Morgan fingerprint density at radius 1 is 1.37 bits per heavy atom. The van der Waals surface area contributed by atoms with E-state index in [0.29, 0.717) is 29.7 Å². The van der Waals surface area contributed by atoms with E-state index >= 15 is 0 Å². The molecule has 1 aromatic rings. The van der Waals surface area contributed by atoms with Crippen molar-refractivity contribution in [2.75, 3.05) is 19.7 Å². The monoisotopic (exact) mass is 511 g/mol. The summed E-state index contributed by atoms with van der Waals surface area (Å²) in [6.45, 7) is 12.2. The van der Waals surface area contributed by atoms with E-state index < -0.39 is 11.3 Å². The molecule has 0 aliphatic rings. The lowest BCUT2D eigenvalue weighted by Crippen LogP contribution is -2.41. The fraction of sp³-hybridized carbons (Fsp3) is 0.647. The third-order valence-corrected chi connectivity index (χ3v) is 4.96. The summed E-state index contributed by atoms with van der Waals surface area (Å²) in [6, 6.07) is -0.170. The number of ether oxygens (including phenoxy) is 1. The maximum Gasteiger partial charge on any atom is 0.350 e. The van der Waals surface area contributed by atoms with E-state index in [9.17, 15) is 9.59 Å². The molecule has 1 rings (SSSR count). The lowest BCUT2D eigenvalue weighted by atomic mass is 9.93. The van der Waals surface area contributed by atoms with Crippen molar-refractivity contribution in [2.45, 2.75) is 47.6 Å². The molecule has 27 heavy (non-hydrogen) atoms. The van der Waals surface area contributed by atoms with Crippen LogP contribution in [0.3, 0.4) is 0 Å². The molecule has 0 spiro atoms. The van der Waals surface area contributed by atoms with Crippen LogP contribution in [-0.2, 0) is 9.53 Å². The van der Waals surface area contributed by atoms with Gasteiger partial charge in [-0.25, -0.2) is 9.78 Å². The number of aromatic nitrogens is 1. The molecule has 0 saturated heterocycles. The van der Waals surface area contributed by atoms with Gasteiger partial charge in [-0.3, -0.25) is 9.79 Å². The second-order valence-corrected chi connectivity index (χ2v) is 7.53. The van der Waals surface area contributed by atoms with Crippen LogP contribution in [0.5, 0.6) is 0 Å². The normalized spacial score (nSPS) is 12.7. The minimum atomic E-state index is -0.736. The first-order chi connectivity index (χ1) is 12.1. The highest BCUT2D eigenvalue weighted by Gasteiger charge is 2.25. The molecule has 10 heteroatoms. The molecule has 0 saturated carbocycles. The van der Waals surface area contributed by atoms with E-state index in [1.54, 1.807) is 27.7 Å². The number of nitrogens with two attached hydrogens (primary N) is 1. The summed E-state index contributed by atoms with van der Waals surface area (Å²) in [5, 5.41) is 7.13. The van der Waals surface area contributed by atoms with Crippen molar-refractivity contribution < 1.29 is 14.3 Å². The second-order valence-electron chi connectivity index (χ2n) is 6.50. The van der Waals surface area contributed by atoms with Crippen LogP contribution < -0.4 is 16.4 Å². The summed E-state index contributed by atoms with van der Waals surface area (Å²) in [7, 11) is 0. The van der Waals surface area contributed by atoms with Gasteiger partial charge in [-0.1, -0.05) is 0 Å². The quantitative estimate of drug-likeness (QED) is 0.214. The summed E-state index contributed by atoms with van der Waals surface area (Å²) in [5.41, 5.74) is 5.31. The van der Waals surface area contributed by atoms with Crippen molar-refractivity contribution in [2.24, 2.45) is 16.1 Å². The molecule has 8 nitrogen and oxygen atoms in total. The van der Waals surface area contributed by atoms with Crippen molar-refractivity contribution in [3.8, 4) is 0 Å². The van der Waals surface area contributed by atoms with Crippen LogP contribution in [0.2, 0.25) is 0 Å².